The minimum atomic E-state index is 0.000654. The largest absolute Gasteiger partial charge is 0.358 e. The lowest BCUT2D eigenvalue weighted by molar-refractivity contribution is 0.0726. The maximum absolute atomic E-state index is 12.9. The van der Waals surface area contributed by atoms with Crippen molar-refractivity contribution in [1.29, 1.82) is 0 Å². The topological polar surface area (TPSA) is 60.5 Å². The molecular weight excluding hydrogens is 276 g/mol. The molecule has 1 aliphatic heterocycles. The predicted molar refractivity (Wildman–Crippen MR) is 89.8 cm³/mol. The van der Waals surface area contributed by atoms with E-state index in [-0.39, 0.29) is 18.0 Å². The highest BCUT2D eigenvalue weighted by Gasteiger charge is 2.30. The van der Waals surface area contributed by atoms with Gasteiger partial charge in [0.1, 0.15) is 0 Å². The van der Waals surface area contributed by atoms with Gasteiger partial charge in [-0.25, -0.2) is 0 Å². The summed E-state index contributed by atoms with van der Waals surface area (Å²) in [5, 5.41) is 4.20. The molecule has 1 amide bonds. The molecule has 1 aliphatic rings. The van der Waals surface area contributed by atoms with Gasteiger partial charge >= 0.3 is 0 Å². The van der Waals surface area contributed by atoms with Crippen molar-refractivity contribution < 1.29 is 4.79 Å². The number of H-pyrrole nitrogens is 1. The zero-order valence-corrected chi connectivity index (χ0v) is 13.1. The molecule has 0 saturated carbocycles. The summed E-state index contributed by atoms with van der Waals surface area (Å²) < 4.78 is 0. The summed E-state index contributed by atoms with van der Waals surface area (Å²) in [5.41, 5.74) is 2.90. The number of para-hydroxylation sites is 1. The van der Waals surface area contributed by atoms with Crippen LogP contribution in [-0.2, 0) is 6.42 Å². The zero-order chi connectivity index (χ0) is 15.7. The smallest absolute Gasteiger partial charge is 0.256 e. The average molecular weight is 298 g/mol. The van der Waals surface area contributed by atoms with E-state index in [0.29, 0.717) is 6.54 Å². The number of fused-ring (bicyclic) bond motifs is 3. The Balaban J connectivity index is 1.89. The second kappa shape index (κ2) is 5.93. The number of aromatic amines is 1. The van der Waals surface area contributed by atoms with Crippen LogP contribution in [0.4, 0.5) is 0 Å². The van der Waals surface area contributed by atoms with Crippen LogP contribution in [0.2, 0.25) is 0 Å². The molecule has 2 heterocycles. The van der Waals surface area contributed by atoms with E-state index in [0.717, 1.165) is 35.1 Å². The number of hydrogen-bond acceptors (Lipinski definition) is 3. The number of aromatic nitrogens is 1. The SMILES string of the molecule is C=NC(CN1CCc2[nH]c3ccccc3c2C1=O)C(C)NC. The number of nitrogens with zero attached hydrogens (tertiary/aromatic N) is 2. The van der Waals surface area contributed by atoms with Crippen LogP contribution in [0.25, 0.3) is 10.9 Å². The van der Waals surface area contributed by atoms with Crippen molar-refractivity contribution in [2.75, 3.05) is 20.1 Å². The first kappa shape index (κ1) is 14.8. The van der Waals surface area contributed by atoms with Gasteiger partial charge in [-0.05, 0) is 26.8 Å². The van der Waals surface area contributed by atoms with Crippen molar-refractivity contribution in [3.63, 3.8) is 0 Å². The average Bonchev–Trinajstić information content (AvgIpc) is 2.93. The van der Waals surface area contributed by atoms with Gasteiger partial charge in [0, 0.05) is 42.1 Å². The summed E-state index contributed by atoms with van der Waals surface area (Å²) in [6, 6.07) is 8.17. The molecule has 2 unspecified atom stereocenters. The summed E-state index contributed by atoms with van der Waals surface area (Å²) in [6.45, 7) is 7.05. The van der Waals surface area contributed by atoms with Crippen molar-refractivity contribution in [2.24, 2.45) is 4.99 Å². The second-order valence-corrected chi connectivity index (χ2v) is 5.85. The third kappa shape index (κ3) is 2.41. The number of carbonyl (C=O) groups excluding carboxylic acids is 1. The zero-order valence-electron chi connectivity index (χ0n) is 13.1. The van der Waals surface area contributed by atoms with Crippen LogP contribution in [0.1, 0.15) is 23.0 Å². The molecule has 0 radical (unpaired) electrons. The lowest BCUT2D eigenvalue weighted by Gasteiger charge is -2.31. The van der Waals surface area contributed by atoms with Crippen molar-refractivity contribution in [1.82, 2.24) is 15.2 Å². The Kier molecular flexibility index (Phi) is 3.98. The molecule has 0 saturated heterocycles. The predicted octanol–water partition coefficient (Wildman–Crippen LogP) is 1.84. The Morgan fingerprint density at radius 3 is 2.95 bits per heavy atom. The molecule has 5 heteroatoms. The highest BCUT2D eigenvalue weighted by atomic mass is 16.2. The summed E-state index contributed by atoms with van der Waals surface area (Å²) in [4.78, 5) is 22.3. The van der Waals surface area contributed by atoms with Crippen LogP contribution in [0, 0.1) is 0 Å². The number of hydrogen-bond donors (Lipinski definition) is 2. The summed E-state index contributed by atoms with van der Waals surface area (Å²) in [7, 11) is 1.90. The molecule has 0 aliphatic carbocycles. The lowest BCUT2D eigenvalue weighted by Crippen LogP contribution is -2.46. The molecule has 22 heavy (non-hydrogen) atoms. The van der Waals surface area contributed by atoms with Crippen molar-refractivity contribution in [3.05, 3.63) is 35.5 Å². The molecule has 2 aromatic rings. The molecule has 2 atom stereocenters. The molecule has 0 spiro atoms. The Morgan fingerprint density at radius 2 is 2.23 bits per heavy atom. The molecule has 1 aromatic carbocycles. The van der Waals surface area contributed by atoms with Crippen LogP contribution in [0.3, 0.4) is 0 Å². The first-order chi connectivity index (χ1) is 10.7. The van der Waals surface area contributed by atoms with E-state index in [1.807, 2.05) is 36.2 Å². The van der Waals surface area contributed by atoms with E-state index in [1.165, 1.54) is 0 Å². The molecule has 2 N–H and O–H groups in total. The van der Waals surface area contributed by atoms with E-state index in [4.69, 9.17) is 0 Å². The van der Waals surface area contributed by atoms with Gasteiger partial charge in [0.2, 0.25) is 0 Å². The maximum Gasteiger partial charge on any atom is 0.256 e. The first-order valence-electron chi connectivity index (χ1n) is 7.67. The van der Waals surface area contributed by atoms with E-state index in [1.54, 1.807) is 0 Å². The van der Waals surface area contributed by atoms with E-state index in [9.17, 15) is 4.79 Å². The van der Waals surface area contributed by atoms with Gasteiger partial charge in [-0.2, -0.15) is 0 Å². The Morgan fingerprint density at radius 1 is 1.45 bits per heavy atom. The molecule has 0 fully saturated rings. The molecule has 3 rings (SSSR count). The summed E-state index contributed by atoms with van der Waals surface area (Å²) in [5.74, 6) is 0.0932. The standard InChI is InChI=1S/C17H22N4O/c1-11(18-2)15(19-3)10-21-9-8-14-16(17(21)22)12-6-4-5-7-13(12)20-14/h4-7,11,15,18,20H,3,8-10H2,1-2H3. The molecule has 5 nitrogen and oxygen atoms in total. The summed E-state index contributed by atoms with van der Waals surface area (Å²) in [6.07, 6.45) is 0.855. The van der Waals surface area contributed by atoms with E-state index < -0.39 is 0 Å². The van der Waals surface area contributed by atoms with Gasteiger partial charge < -0.3 is 15.2 Å². The van der Waals surface area contributed by atoms with E-state index in [2.05, 4.69) is 28.9 Å². The van der Waals surface area contributed by atoms with Gasteiger partial charge in [0.25, 0.3) is 5.91 Å². The highest BCUT2D eigenvalue weighted by Crippen LogP contribution is 2.27. The Hall–Kier alpha value is -2.14. The Bertz CT molecular complexity index is 706. The number of likely N-dealkylation sites (N-methyl/N-ethyl adjacent to an activating group) is 1. The minimum absolute atomic E-state index is 0.000654. The van der Waals surface area contributed by atoms with Gasteiger partial charge in [0.05, 0.1) is 11.6 Å². The van der Waals surface area contributed by atoms with Crippen LogP contribution < -0.4 is 5.32 Å². The maximum atomic E-state index is 12.9. The van der Waals surface area contributed by atoms with Crippen molar-refractivity contribution >= 4 is 23.5 Å². The molecular formula is C17H22N4O. The molecule has 1 aromatic heterocycles. The Labute approximate surface area is 130 Å². The number of nitrogens with one attached hydrogen (secondary N) is 2. The molecule has 116 valence electrons. The van der Waals surface area contributed by atoms with Crippen molar-refractivity contribution in [2.45, 2.75) is 25.4 Å². The summed E-state index contributed by atoms with van der Waals surface area (Å²) >= 11 is 0. The van der Waals surface area contributed by atoms with Crippen LogP contribution in [0.5, 0.6) is 0 Å². The van der Waals surface area contributed by atoms with Gasteiger partial charge in [-0.1, -0.05) is 18.2 Å². The van der Waals surface area contributed by atoms with E-state index >= 15 is 0 Å². The van der Waals surface area contributed by atoms with Crippen LogP contribution in [0.15, 0.2) is 29.3 Å². The second-order valence-electron chi connectivity index (χ2n) is 5.85. The molecule has 0 bridgehead atoms. The fourth-order valence-electron chi connectivity index (χ4n) is 3.10. The monoisotopic (exact) mass is 298 g/mol. The van der Waals surface area contributed by atoms with Crippen molar-refractivity contribution in [3.8, 4) is 0 Å². The highest BCUT2D eigenvalue weighted by molar-refractivity contribution is 6.08. The van der Waals surface area contributed by atoms with Crippen LogP contribution in [-0.4, -0.2) is 54.7 Å². The lowest BCUT2D eigenvalue weighted by atomic mass is 10.0. The van der Waals surface area contributed by atoms with Gasteiger partial charge in [-0.15, -0.1) is 0 Å². The third-order valence-corrected chi connectivity index (χ3v) is 4.59. The fourth-order valence-corrected chi connectivity index (χ4v) is 3.10. The number of carbonyl (C=O) groups is 1. The minimum Gasteiger partial charge on any atom is -0.358 e. The number of aliphatic imine (C=N–C) groups is 1. The first-order valence-corrected chi connectivity index (χ1v) is 7.67. The van der Waals surface area contributed by atoms with Gasteiger partial charge in [-0.3, -0.25) is 9.79 Å². The fraction of sp³-hybridized carbons (Fsp3) is 0.412. The normalized spacial score (nSPS) is 17.4. The number of amides is 1. The number of benzene rings is 1. The quantitative estimate of drug-likeness (QED) is 0.828. The van der Waals surface area contributed by atoms with Gasteiger partial charge in [0.15, 0.2) is 0 Å². The third-order valence-electron chi connectivity index (χ3n) is 4.59. The number of rotatable bonds is 5. The van der Waals surface area contributed by atoms with Crippen LogP contribution >= 0.6 is 0 Å².